The van der Waals surface area contributed by atoms with Crippen molar-refractivity contribution in [3.05, 3.63) is 35.1 Å². The molecule has 2 N–H and O–H groups in total. The summed E-state index contributed by atoms with van der Waals surface area (Å²) in [5.41, 5.74) is 5.07. The Kier molecular flexibility index (Phi) is 5.22. The summed E-state index contributed by atoms with van der Waals surface area (Å²) in [7, 11) is 0. The predicted molar refractivity (Wildman–Crippen MR) is 71.2 cm³/mol. The van der Waals surface area contributed by atoms with Gasteiger partial charge in [-0.3, -0.25) is 0 Å². The molecule has 6 heteroatoms. The summed E-state index contributed by atoms with van der Waals surface area (Å²) >= 11 is 0. The fraction of sp³-hybridized carbons (Fsp3) is 0.600. The van der Waals surface area contributed by atoms with Crippen LogP contribution in [-0.2, 0) is 10.9 Å². The molecule has 1 aromatic carbocycles. The third-order valence-corrected chi connectivity index (χ3v) is 3.80. The zero-order valence-corrected chi connectivity index (χ0v) is 11.6. The highest BCUT2D eigenvalue weighted by atomic mass is 19.4. The quantitative estimate of drug-likeness (QED) is 0.846. The van der Waals surface area contributed by atoms with Gasteiger partial charge in [0, 0.05) is 12.6 Å². The molecule has 1 aliphatic rings. The van der Waals surface area contributed by atoms with E-state index in [9.17, 15) is 17.6 Å². The molecule has 1 heterocycles. The van der Waals surface area contributed by atoms with E-state index in [4.69, 9.17) is 10.5 Å². The lowest BCUT2D eigenvalue weighted by atomic mass is 9.97. The van der Waals surface area contributed by atoms with Gasteiger partial charge in [0.05, 0.1) is 11.7 Å². The van der Waals surface area contributed by atoms with Gasteiger partial charge in [0.25, 0.3) is 0 Å². The molecule has 1 fully saturated rings. The van der Waals surface area contributed by atoms with Crippen LogP contribution in [0.1, 0.15) is 49.3 Å². The van der Waals surface area contributed by atoms with Gasteiger partial charge in [-0.1, -0.05) is 6.07 Å². The highest BCUT2D eigenvalue weighted by Gasteiger charge is 2.34. The molecule has 2 rings (SSSR count). The summed E-state index contributed by atoms with van der Waals surface area (Å²) in [6.45, 7) is 0.745. The minimum absolute atomic E-state index is 0.157. The summed E-state index contributed by atoms with van der Waals surface area (Å²) < 4.78 is 56.5. The SMILES string of the molecule is NC(CCC1CCCCO1)c1ccc(C(F)(F)F)c(F)c1. The normalized spacial score (nSPS) is 21.3. The summed E-state index contributed by atoms with van der Waals surface area (Å²) in [5.74, 6) is -1.27. The molecular weight excluding hydrogens is 286 g/mol. The average molecular weight is 305 g/mol. The lowest BCUT2D eigenvalue weighted by Crippen LogP contribution is -2.21. The van der Waals surface area contributed by atoms with Crippen LogP contribution >= 0.6 is 0 Å². The molecule has 0 spiro atoms. The van der Waals surface area contributed by atoms with Crippen LogP contribution in [0.3, 0.4) is 0 Å². The second-order valence-corrected chi connectivity index (χ2v) is 5.41. The van der Waals surface area contributed by atoms with Crippen molar-refractivity contribution in [2.24, 2.45) is 5.73 Å². The van der Waals surface area contributed by atoms with Crippen molar-refractivity contribution in [3.8, 4) is 0 Å². The number of alkyl halides is 3. The number of hydrogen-bond donors (Lipinski definition) is 1. The molecule has 0 saturated carbocycles. The van der Waals surface area contributed by atoms with Gasteiger partial charge in [-0.15, -0.1) is 0 Å². The first-order valence-electron chi connectivity index (χ1n) is 7.12. The van der Waals surface area contributed by atoms with Crippen molar-refractivity contribution in [1.29, 1.82) is 0 Å². The third kappa shape index (κ3) is 4.41. The van der Waals surface area contributed by atoms with Gasteiger partial charge in [0.1, 0.15) is 5.82 Å². The van der Waals surface area contributed by atoms with Gasteiger partial charge in [0.2, 0.25) is 0 Å². The van der Waals surface area contributed by atoms with E-state index in [2.05, 4.69) is 0 Å². The second-order valence-electron chi connectivity index (χ2n) is 5.41. The predicted octanol–water partition coefficient (Wildman–Crippen LogP) is 4.19. The van der Waals surface area contributed by atoms with E-state index in [1.807, 2.05) is 0 Å². The van der Waals surface area contributed by atoms with Gasteiger partial charge in [-0.2, -0.15) is 13.2 Å². The van der Waals surface area contributed by atoms with Crippen LogP contribution in [-0.4, -0.2) is 12.7 Å². The Hall–Kier alpha value is -1.14. The summed E-state index contributed by atoms with van der Waals surface area (Å²) in [6.07, 6.45) is -0.0542. The van der Waals surface area contributed by atoms with Crippen molar-refractivity contribution in [1.82, 2.24) is 0 Å². The van der Waals surface area contributed by atoms with E-state index in [0.29, 0.717) is 12.0 Å². The molecule has 2 atom stereocenters. The molecule has 2 unspecified atom stereocenters. The minimum atomic E-state index is -4.68. The molecule has 21 heavy (non-hydrogen) atoms. The topological polar surface area (TPSA) is 35.2 Å². The van der Waals surface area contributed by atoms with Crippen molar-refractivity contribution in [2.75, 3.05) is 6.61 Å². The van der Waals surface area contributed by atoms with E-state index in [0.717, 1.165) is 44.4 Å². The van der Waals surface area contributed by atoms with Crippen molar-refractivity contribution >= 4 is 0 Å². The Morgan fingerprint density at radius 3 is 2.62 bits per heavy atom. The highest BCUT2D eigenvalue weighted by molar-refractivity contribution is 5.28. The first kappa shape index (κ1) is 16.2. The number of halogens is 4. The molecule has 118 valence electrons. The van der Waals surface area contributed by atoms with Gasteiger partial charge in [-0.05, 0) is 49.8 Å². The zero-order chi connectivity index (χ0) is 15.5. The Labute approximate surface area is 121 Å². The monoisotopic (exact) mass is 305 g/mol. The van der Waals surface area contributed by atoms with Gasteiger partial charge in [-0.25, -0.2) is 4.39 Å². The van der Waals surface area contributed by atoms with Gasteiger partial charge >= 0.3 is 6.18 Å². The number of hydrogen-bond acceptors (Lipinski definition) is 2. The van der Waals surface area contributed by atoms with E-state index in [-0.39, 0.29) is 6.10 Å². The zero-order valence-electron chi connectivity index (χ0n) is 11.6. The Morgan fingerprint density at radius 1 is 1.29 bits per heavy atom. The molecular formula is C15H19F4NO. The standard InChI is InChI=1S/C15H19F4NO/c16-13-9-10(4-6-12(13)15(17,18)19)14(20)7-5-11-3-1-2-8-21-11/h4,6,9,11,14H,1-3,5,7-8,20H2. The first-order valence-corrected chi connectivity index (χ1v) is 7.12. The Bertz CT molecular complexity index is 469. The van der Waals surface area contributed by atoms with Gasteiger partial charge in [0.15, 0.2) is 0 Å². The van der Waals surface area contributed by atoms with Crippen LogP contribution in [0.5, 0.6) is 0 Å². The Balaban J connectivity index is 1.96. The Morgan fingerprint density at radius 2 is 2.05 bits per heavy atom. The number of rotatable bonds is 4. The minimum Gasteiger partial charge on any atom is -0.378 e. The molecule has 2 nitrogen and oxygen atoms in total. The average Bonchev–Trinajstić information content (AvgIpc) is 2.44. The maximum absolute atomic E-state index is 13.5. The number of ether oxygens (including phenoxy) is 1. The lowest BCUT2D eigenvalue weighted by molar-refractivity contribution is -0.140. The largest absolute Gasteiger partial charge is 0.419 e. The number of nitrogens with two attached hydrogens (primary N) is 1. The smallest absolute Gasteiger partial charge is 0.378 e. The van der Waals surface area contributed by atoms with Crippen molar-refractivity contribution in [3.63, 3.8) is 0 Å². The fourth-order valence-corrected chi connectivity index (χ4v) is 2.56. The number of benzene rings is 1. The van der Waals surface area contributed by atoms with Crippen molar-refractivity contribution in [2.45, 2.75) is 50.4 Å². The van der Waals surface area contributed by atoms with Crippen molar-refractivity contribution < 1.29 is 22.3 Å². The molecule has 0 radical (unpaired) electrons. The molecule has 0 aromatic heterocycles. The van der Waals surface area contributed by atoms with Crippen LogP contribution < -0.4 is 5.73 Å². The van der Waals surface area contributed by atoms with Gasteiger partial charge < -0.3 is 10.5 Å². The van der Waals surface area contributed by atoms with E-state index in [1.54, 1.807) is 0 Å². The second kappa shape index (κ2) is 6.75. The maximum atomic E-state index is 13.5. The summed E-state index contributed by atoms with van der Waals surface area (Å²) in [6, 6.07) is 2.40. The lowest BCUT2D eigenvalue weighted by Gasteiger charge is -2.24. The van der Waals surface area contributed by atoms with Crippen LogP contribution in [0.4, 0.5) is 17.6 Å². The van der Waals surface area contributed by atoms with Crippen LogP contribution in [0, 0.1) is 5.82 Å². The molecule has 1 aliphatic heterocycles. The molecule has 0 aliphatic carbocycles. The maximum Gasteiger partial charge on any atom is 0.419 e. The summed E-state index contributed by atoms with van der Waals surface area (Å²) in [5, 5.41) is 0. The molecule has 1 aromatic rings. The van der Waals surface area contributed by atoms with Crippen LogP contribution in [0.25, 0.3) is 0 Å². The van der Waals surface area contributed by atoms with E-state index >= 15 is 0 Å². The van der Waals surface area contributed by atoms with E-state index < -0.39 is 23.6 Å². The van der Waals surface area contributed by atoms with Crippen LogP contribution in [0.2, 0.25) is 0 Å². The molecule has 0 bridgehead atoms. The molecule has 0 amide bonds. The van der Waals surface area contributed by atoms with E-state index in [1.165, 1.54) is 6.07 Å². The third-order valence-electron chi connectivity index (χ3n) is 3.80. The summed E-state index contributed by atoms with van der Waals surface area (Å²) in [4.78, 5) is 0. The first-order chi connectivity index (χ1) is 9.88. The highest BCUT2D eigenvalue weighted by Crippen LogP contribution is 2.32. The fourth-order valence-electron chi connectivity index (χ4n) is 2.56. The van der Waals surface area contributed by atoms with Crippen LogP contribution in [0.15, 0.2) is 18.2 Å². The molecule has 1 saturated heterocycles.